The average Bonchev–Trinajstić information content (AvgIpc) is 3.13. The average molecular weight is 351 g/mol. The molecule has 0 radical (unpaired) electrons. The molecule has 1 heterocycles. The molecule has 0 aliphatic rings. The first kappa shape index (κ1) is 18.1. The zero-order valence-electron chi connectivity index (χ0n) is 14.0. The summed E-state index contributed by atoms with van der Waals surface area (Å²) in [5.74, 6) is 3.68. The summed E-state index contributed by atoms with van der Waals surface area (Å²) in [6.45, 7) is 0.556. The van der Waals surface area contributed by atoms with Crippen LogP contribution in [0.2, 0.25) is 0 Å². The van der Waals surface area contributed by atoms with Crippen LogP contribution in [0, 0.1) is 0 Å². The van der Waals surface area contributed by atoms with Gasteiger partial charge < -0.3 is 23.9 Å². The quantitative estimate of drug-likeness (QED) is 0.701. The minimum Gasteiger partial charge on any atom is -0.493 e. The van der Waals surface area contributed by atoms with Gasteiger partial charge >= 0.3 is 0 Å². The van der Waals surface area contributed by atoms with E-state index < -0.39 is 0 Å². The van der Waals surface area contributed by atoms with E-state index in [4.69, 9.17) is 18.6 Å². The van der Waals surface area contributed by atoms with Gasteiger partial charge in [-0.05, 0) is 24.3 Å². The maximum Gasteiger partial charge on any atom is 0.251 e. The minimum absolute atomic E-state index is 0.187. The topological polar surface area (TPSA) is 69.9 Å². The first-order chi connectivity index (χ1) is 11.7. The van der Waals surface area contributed by atoms with Crippen LogP contribution >= 0.6 is 11.8 Å². The Morgan fingerprint density at radius 2 is 1.88 bits per heavy atom. The number of furan rings is 1. The van der Waals surface area contributed by atoms with Crippen molar-refractivity contribution >= 4 is 17.7 Å². The summed E-state index contributed by atoms with van der Waals surface area (Å²) < 4.78 is 21.0. The van der Waals surface area contributed by atoms with Crippen molar-refractivity contribution in [2.75, 3.05) is 33.6 Å². The Morgan fingerprint density at radius 1 is 1.17 bits per heavy atom. The second kappa shape index (κ2) is 9.12. The molecule has 1 amide bonds. The number of hydrogen-bond donors (Lipinski definition) is 1. The summed E-state index contributed by atoms with van der Waals surface area (Å²) >= 11 is 1.69. The van der Waals surface area contributed by atoms with Gasteiger partial charge in [0.05, 0.1) is 33.3 Å². The van der Waals surface area contributed by atoms with E-state index in [2.05, 4.69) is 5.32 Å². The molecule has 6 nitrogen and oxygen atoms in total. The van der Waals surface area contributed by atoms with E-state index >= 15 is 0 Å². The van der Waals surface area contributed by atoms with Gasteiger partial charge in [0.1, 0.15) is 5.76 Å². The summed E-state index contributed by atoms with van der Waals surface area (Å²) in [5.41, 5.74) is 0.459. The first-order valence-electron chi connectivity index (χ1n) is 7.38. The van der Waals surface area contributed by atoms with Crippen LogP contribution in [0.3, 0.4) is 0 Å². The number of rotatable bonds is 9. The second-order valence-electron chi connectivity index (χ2n) is 4.80. The molecule has 1 aromatic heterocycles. The Morgan fingerprint density at radius 3 is 2.42 bits per heavy atom. The lowest BCUT2D eigenvalue weighted by Crippen LogP contribution is -2.25. The monoisotopic (exact) mass is 351 g/mol. The summed E-state index contributed by atoms with van der Waals surface area (Å²) in [5, 5.41) is 2.88. The van der Waals surface area contributed by atoms with Gasteiger partial charge in [-0.25, -0.2) is 0 Å². The molecule has 1 N–H and O–H groups in total. The van der Waals surface area contributed by atoms with Gasteiger partial charge in [0.2, 0.25) is 5.75 Å². The molecular formula is C17H21NO5S. The highest BCUT2D eigenvalue weighted by atomic mass is 32.2. The van der Waals surface area contributed by atoms with E-state index in [1.54, 1.807) is 30.2 Å². The predicted molar refractivity (Wildman–Crippen MR) is 93.3 cm³/mol. The fourth-order valence-corrected chi connectivity index (χ4v) is 2.87. The maximum absolute atomic E-state index is 12.3. The number of amides is 1. The Hall–Kier alpha value is -2.28. The van der Waals surface area contributed by atoms with Gasteiger partial charge in [-0.15, -0.1) is 0 Å². The lowest BCUT2D eigenvalue weighted by Gasteiger charge is -2.14. The SMILES string of the molecule is COc1cc(C(=O)NCCSCc2ccco2)cc(OC)c1OC. The van der Waals surface area contributed by atoms with Crippen LogP contribution in [0.1, 0.15) is 16.1 Å². The smallest absolute Gasteiger partial charge is 0.251 e. The molecule has 2 aromatic rings. The molecule has 0 spiro atoms. The van der Waals surface area contributed by atoms with Gasteiger partial charge in [0.15, 0.2) is 11.5 Å². The zero-order valence-corrected chi connectivity index (χ0v) is 14.8. The van der Waals surface area contributed by atoms with Gasteiger partial charge in [-0.3, -0.25) is 4.79 Å². The number of carbonyl (C=O) groups excluding carboxylic acids is 1. The second-order valence-corrected chi connectivity index (χ2v) is 5.91. The van der Waals surface area contributed by atoms with E-state index in [0.717, 1.165) is 17.3 Å². The van der Waals surface area contributed by atoms with Gasteiger partial charge in [-0.2, -0.15) is 11.8 Å². The number of benzene rings is 1. The van der Waals surface area contributed by atoms with Crippen LogP contribution in [-0.2, 0) is 5.75 Å². The van der Waals surface area contributed by atoms with Crippen LogP contribution < -0.4 is 19.5 Å². The lowest BCUT2D eigenvalue weighted by molar-refractivity contribution is 0.0955. The third-order valence-corrected chi connectivity index (χ3v) is 4.26. The van der Waals surface area contributed by atoms with Gasteiger partial charge in [0.25, 0.3) is 5.91 Å². The molecule has 0 atom stereocenters. The highest BCUT2D eigenvalue weighted by Crippen LogP contribution is 2.38. The molecule has 1 aromatic carbocycles. The lowest BCUT2D eigenvalue weighted by atomic mass is 10.1. The van der Waals surface area contributed by atoms with E-state index in [9.17, 15) is 4.79 Å². The Bertz CT molecular complexity index is 632. The van der Waals surface area contributed by atoms with Crippen LogP contribution in [-0.4, -0.2) is 39.5 Å². The fourth-order valence-electron chi connectivity index (χ4n) is 2.12. The molecule has 24 heavy (non-hydrogen) atoms. The number of hydrogen-bond acceptors (Lipinski definition) is 6. The van der Waals surface area contributed by atoms with Crippen molar-refractivity contribution in [3.63, 3.8) is 0 Å². The number of thioether (sulfide) groups is 1. The number of nitrogens with one attached hydrogen (secondary N) is 1. The number of carbonyl (C=O) groups is 1. The van der Waals surface area contributed by atoms with E-state index in [0.29, 0.717) is 29.4 Å². The Balaban J connectivity index is 1.89. The minimum atomic E-state index is -0.187. The molecule has 0 unspecified atom stereocenters. The molecule has 2 rings (SSSR count). The third kappa shape index (κ3) is 4.61. The third-order valence-electron chi connectivity index (χ3n) is 3.28. The van der Waals surface area contributed by atoms with Crippen molar-refractivity contribution in [1.29, 1.82) is 0 Å². The molecule has 7 heteroatoms. The molecular weight excluding hydrogens is 330 g/mol. The van der Waals surface area contributed by atoms with Crippen LogP contribution in [0.25, 0.3) is 0 Å². The number of methoxy groups -OCH3 is 3. The van der Waals surface area contributed by atoms with Crippen LogP contribution in [0.15, 0.2) is 34.9 Å². The molecule has 130 valence electrons. The van der Waals surface area contributed by atoms with Crippen molar-refractivity contribution in [3.05, 3.63) is 41.9 Å². The molecule has 0 saturated heterocycles. The number of ether oxygens (including phenoxy) is 3. The zero-order chi connectivity index (χ0) is 17.4. The van der Waals surface area contributed by atoms with Crippen molar-refractivity contribution in [3.8, 4) is 17.2 Å². The van der Waals surface area contributed by atoms with Gasteiger partial charge in [0, 0.05) is 17.9 Å². The van der Waals surface area contributed by atoms with Crippen molar-refractivity contribution in [1.82, 2.24) is 5.32 Å². The van der Waals surface area contributed by atoms with Crippen molar-refractivity contribution in [2.24, 2.45) is 0 Å². The Labute approximate surface area is 145 Å². The highest BCUT2D eigenvalue weighted by Gasteiger charge is 2.16. The standard InChI is InChI=1S/C17H21NO5S/c1-20-14-9-12(10-15(21-2)16(14)22-3)17(19)18-6-8-24-11-13-5-4-7-23-13/h4-5,7,9-10H,6,8,11H2,1-3H3,(H,18,19). The summed E-state index contributed by atoms with van der Waals surface area (Å²) in [6.07, 6.45) is 1.65. The van der Waals surface area contributed by atoms with E-state index in [1.807, 2.05) is 12.1 Å². The summed E-state index contributed by atoms with van der Waals surface area (Å²) in [7, 11) is 4.56. The van der Waals surface area contributed by atoms with E-state index in [1.165, 1.54) is 21.3 Å². The molecule has 0 saturated carbocycles. The van der Waals surface area contributed by atoms with Crippen molar-refractivity contribution < 1.29 is 23.4 Å². The largest absolute Gasteiger partial charge is 0.493 e. The molecule has 0 bridgehead atoms. The normalized spacial score (nSPS) is 10.3. The van der Waals surface area contributed by atoms with Crippen LogP contribution in [0.5, 0.6) is 17.2 Å². The summed E-state index contributed by atoms with van der Waals surface area (Å²) in [6, 6.07) is 7.06. The maximum atomic E-state index is 12.3. The van der Waals surface area contributed by atoms with Crippen molar-refractivity contribution in [2.45, 2.75) is 5.75 Å². The molecule has 0 aliphatic heterocycles. The van der Waals surface area contributed by atoms with Gasteiger partial charge in [-0.1, -0.05) is 0 Å². The first-order valence-corrected chi connectivity index (χ1v) is 8.53. The predicted octanol–water partition coefficient (Wildman–Crippen LogP) is 2.97. The molecule has 0 aliphatic carbocycles. The van der Waals surface area contributed by atoms with E-state index in [-0.39, 0.29) is 5.91 Å². The fraction of sp³-hybridized carbons (Fsp3) is 0.353. The molecule has 0 fully saturated rings. The Kier molecular flexibility index (Phi) is 6.87. The summed E-state index contributed by atoms with van der Waals surface area (Å²) in [4.78, 5) is 12.3. The van der Waals surface area contributed by atoms with Crippen LogP contribution in [0.4, 0.5) is 0 Å². The highest BCUT2D eigenvalue weighted by molar-refractivity contribution is 7.98.